The first-order valence-corrected chi connectivity index (χ1v) is 6.47. The summed E-state index contributed by atoms with van der Waals surface area (Å²) >= 11 is 0. The fourth-order valence-electron chi connectivity index (χ4n) is 2.70. The SMILES string of the molecule is CCCC(=N)C1C(=O)CC(C)(C)[C@@H](C(=O)OC)C1=O. The Balaban J connectivity index is 3.12. The van der Waals surface area contributed by atoms with Gasteiger partial charge in [-0.2, -0.15) is 0 Å². The molecular weight excluding hydrogens is 246 g/mol. The molecule has 5 heteroatoms. The number of rotatable bonds is 4. The minimum absolute atomic E-state index is 0.113. The van der Waals surface area contributed by atoms with Crippen molar-refractivity contribution in [1.29, 1.82) is 5.41 Å². The van der Waals surface area contributed by atoms with E-state index in [9.17, 15) is 14.4 Å². The van der Waals surface area contributed by atoms with E-state index in [4.69, 9.17) is 5.41 Å². The van der Waals surface area contributed by atoms with Gasteiger partial charge in [-0.3, -0.25) is 14.4 Å². The lowest BCUT2D eigenvalue weighted by molar-refractivity contribution is -0.159. The van der Waals surface area contributed by atoms with Gasteiger partial charge in [0.25, 0.3) is 0 Å². The summed E-state index contributed by atoms with van der Waals surface area (Å²) in [7, 11) is 1.23. The van der Waals surface area contributed by atoms with Crippen LogP contribution in [0.15, 0.2) is 0 Å². The normalized spacial score (nSPS) is 26.1. The Hall–Kier alpha value is -1.52. The summed E-state index contributed by atoms with van der Waals surface area (Å²) in [4.78, 5) is 36.3. The summed E-state index contributed by atoms with van der Waals surface area (Å²) < 4.78 is 4.68. The standard InChI is InChI=1S/C14H21NO4/c1-5-6-8(15)10-9(16)7-14(2,3)11(12(10)17)13(18)19-4/h10-11,15H,5-7H2,1-4H3/t10?,11-/m1/s1. The first kappa shape index (κ1) is 15.5. The average Bonchev–Trinajstić information content (AvgIpc) is 2.26. The van der Waals surface area contributed by atoms with Crippen molar-refractivity contribution in [3.05, 3.63) is 0 Å². The van der Waals surface area contributed by atoms with Crippen molar-refractivity contribution in [3.8, 4) is 0 Å². The maximum absolute atomic E-state index is 12.4. The van der Waals surface area contributed by atoms with E-state index in [0.29, 0.717) is 12.8 Å². The van der Waals surface area contributed by atoms with Gasteiger partial charge in [-0.1, -0.05) is 27.2 Å². The second-order valence-electron chi connectivity index (χ2n) is 5.70. The maximum Gasteiger partial charge on any atom is 0.316 e. The van der Waals surface area contributed by atoms with Crippen molar-refractivity contribution < 1.29 is 19.1 Å². The Morgan fingerprint density at radius 3 is 2.47 bits per heavy atom. The molecule has 1 saturated carbocycles. The van der Waals surface area contributed by atoms with Crippen LogP contribution in [-0.4, -0.2) is 30.4 Å². The average molecular weight is 267 g/mol. The fraction of sp³-hybridized carbons (Fsp3) is 0.714. The minimum Gasteiger partial charge on any atom is -0.468 e. The van der Waals surface area contributed by atoms with Gasteiger partial charge < -0.3 is 10.1 Å². The molecule has 1 aliphatic rings. The van der Waals surface area contributed by atoms with Crippen molar-refractivity contribution in [3.63, 3.8) is 0 Å². The number of esters is 1. The Kier molecular flexibility index (Phi) is 4.61. The lowest BCUT2D eigenvalue weighted by Crippen LogP contribution is -2.51. The van der Waals surface area contributed by atoms with Crippen LogP contribution < -0.4 is 0 Å². The number of hydrogen-bond donors (Lipinski definition) is 1. The maximum atomic E-state index is 12.4. The highest BCUT2D eigenvalue weighted by Crippen LogP contribution is 2.40. The van der Waals surface area contributed by atoms with Gasteiger partial charge >= 0.3 is 5.97 Å². The van der Waals surface area contributed by atoms with Crippen molar-refractivity contribution in [2.45, 2.75) is 40.0 Å². The Morgan fingerprint density at radius 2 is 2.00 bits per heavy atom. The zero-order valence-electron chi connectivity index (χ0n) is 11.9. The van der Waals surface area contributed by atoms with Gasteiger partial charge in [0, 0.05) is 12.1 Å². The van der Waals surface area contributed by atoms with Gasteiger partial charge in [-0.15, -0.1) is 0 Å². The molecule has 19 heavy (non-hydrogen) atoms. The Morgan fingerprint density at radius 1 is 1.42 bits per heavy atom. The topological polar surface area (TPSA) is 84.3 Å². The highest BCUT2D eigenvalue weighted by Gasteiger charge is 2.52. The summed E-state index contributed by atoms with van der Waals surface area (Å²) in [6.45, 7) is 5.31. The molecule has 0 radical (unpaired) electrons. The quantitative estimate of drug-likeness (QED) is 0.478. The van der Waals surface area contributed by atoms with Gasteiger partial charge in [-0.05, 0) is 11.8 Å². The molecule has 106 valence electrons. The van der Waals surface area contributed by atoms with Gasteiger partial charge in [0.1, 0.15) is 17.6 Å². The number of carbonyl (C=O) groups is 3. The third-order valence-electron chi connectivity index (χ3n) is 3.61. The molecule has 0 spiro atoms. The first-order valence-electron chi connectivity index (χ1n) is 6.47. The lowest BCUT2D eigenvalue weighted by atomic mass is 9.63. The summed E-state index contributed by atoms with van der Waals surface area (Å²) in [6.07, 6.45) is 1.22. The molecule has 0 amide bonds. The Labute approximate surface area is 113 Å². The van der Waals surface area contributed by atoms with Gasteiger partial charge in [0.15, 0.2) is 5.78 Å². The molecule has 1 unspecified atom stereocenters. The van der Waals surface area contributed by atoms with Crippen LogP contribution in [0.4, 0.5) is 0 Å². The number of ether oxygens (including phenoxy) is 1. The zero-order chi connectivity index (χ0) is 14.8. The number of methoxy groups -OCH3 is 1. The van der Waals surface area contributed by atoms with Crippen molar-refractivity contribution in [2.24, 2.45) is 17.3 Å². The molecule has 1 rings (SSSR count). The molecule has 0 aliphatic heterocycles. The van der Waals surface area contributed by atoms with Gasteiger partial charge in [0.05, 0.1) is 7.11 Å². The van der Waals surface area contributed by atoms with Crippen LogP contribution in [0.1, 0.15) is 40.0 Å². The van der Waals surface area contributed by atoms with Crippen LogP contribution in [0, 0.1) is 22.7 Å². The molecule has 0 heterocycles. The largest absolute Gasteiger partial charge is 0.468 e. The zero-order valence-corrected chi connectivity index (χ0v) is 11.9. The smallest absolute Gasteiger partial charge is 0.316 e. The minimum atomic E-state index is -1.06. The number of ketones is 2. The predicted molar refractivity (Wildman–Crippen MR) is 70.0 cm³/mol. The lowest BCUT2D eigenvalue weighted by Gasteiger charge is -2.38. The van der Waals surface area contributed by atoms with Crippen molar-refractivity contribution >= 4 is 23.2 Å². The number of hydrogen-bond acceptors (Lipinski definition) is 5. The summed E-state index contributed by atoms with van der Waals surface area (Å²) in [5.41, 5.74) is -0.633. The Bertz CT molecular complexity index is 425. The second-order valence-corrected chi connectivity index (χ2v) is 5.70. The molecule has 0 bridgehead atoms. The van der Waals surface area contributed by atoms with Crippen LogP contribution in [0.3, 0.4) is 0 Å². The van der Waals surface area contributed by atoms with E-state index in [1.807, 2.05) is 6.92 Å². The summed E-state index contributed by atoms with van der Waals surface area (Å²) in [6, 6.07) is 0. The number of carbonyl (C=O) groups excluding carboxylic acids is 3. The second kappa shape index (κ2) is 5.63. The molecule has 0 aromatic carbocycles. The van der Waals surface area contributed by atoms with Crippen molar-refractivity contribution in [2.75, 3.05) is 7.11 Å². The molecule has 0 saturated heterocycles. The fourth-order valence-corrected chi connectivity index (χ4v) is 2.70. The third kappa shape index (κ3) is 2.91. The number of Topliss-reactive ketones (excluding diaryl/α,β-unsaturated/α-hetero) is 2. The van der Waals surface area contributed by atoms with Crippen LogP contribution in [0.25, 0.3) is 0 Å². The van der Waals surface area contributed by atoms with E-state index in [1.54, 1.807) is 13.8 Å². The van der Waals surface area contributed by atoms with E-state index in [2.05, 4.69) is 4.74 Å². The van der Waals surface area contributed by atoms with E-state index < -0.39 is 29.0 Å². The molecule has 1 fully saturated rings. The van der Waals surface area contributed by atoms with Gasteiger partial charge in [-0.25, -0.2) is 0 Å². The highest BCUT2D eigenvalue weighted by molar-refractivity contribution is 6.25. The third-order valence-corrected chi connectivity index (χ3v) is 3.61. The van der Waals surface area contributed by atoms with Gasteiger partial charge in [0.2, 0.25) is 0 Å². The van der Waals surface area contributed by atoms with E-state index in [1.165, 1.54) is 7.11 Å². The van der Waals surface area contributed by atoms with Crippen LogP contribution in [0.5, 0.6) is 0 Å². The molecule has 0 aromatic rings. The summed E-state index contributed by atoms with van der Waals surface area (Å²) in [5, 5.41) is 7.87. The molecule has 5 nitrogen and oxygen atoms in total. The van der Waals surface area contributed by atoms with Crippen LogP contribution in [-0.2, 0) is 19.1 Å². The van der Waals surface area contributed by atoms with E-state index >= 15 is 0 Å². The number of nitrogens with one attached hydrogen (secondary N) is 1. The van der Waals surface area contributed by atoms with E-state index in [-0.39, 0.29) is 17.9 Å². The highest BCUT2D eigenvalue weighted by atomic mass is 16.5. The van der Waals surface area contributed by atoms with Crippen molar-refractivity contribution in [1.82, 2.24) is 0 Å². The monoisotopic (exact) mass is 267 g/mol. The van der Waals surface area contributed by atoms with Crippen LogP contribution in [0.2, 0.25) is 0 Å². The molecular formula is C14H21NO4. The molecule has 1 N–H and O–H groups in total. The predicted octanol–water partition coefficient (Wildman–Crippen LogP) is 1.78. The van der Waals surface area contributed by atoms with E-state index in [0.717, 1.165) is 0 Å². The first-order chi connectivity index (χ1) is 8.76. The molecule has 2 atom stereocenters. The van der Waals surface area contributed by atoms with Crippen LogP contribution >= 0.6 is 0 Å². The molecule has 1 aliphatic carbocycles. The molecule has 0 aromatic heterocycles. The summed E-state index contributed by atoms with van der Waals surface area (Å²) in [5.74, 6) is -3.37.